The Hall–Kier alpha value is -1.15. The standard InChI is InChI=1S/C16H22N4S.HI/c1-13(11-15-6-4-10-21-15)12-20-16(17)19-9-7-14-5-2-3-8-18-14;/h2-6,8,10,13H,7,9,11-12H2,1H3,(H3,17,19,20);1H. The van der Waals surface area contributed by atoms with Gasteiger partial charge < -0.3 is 11.1 Å². The molecule has 22 heavy (non-hydrogen) atoms. The molecular weight excluding hydrogens is 407 g/mol. The number of hydrogen-bond acceptors (Lipinski definition) is 3. The molecule has 0 saturated carbocycles. The fraction of sp³-hybridized carbons (Fsp3) is 0.375. The lowest BCUT2D eigenvalue weighted by atomic mass is 10.1. The third-order valence-electron chi connectivity index (χ3n) is 3.12. The lowest BCUT2D eigenvalue weighted by Crippen LogP contribution is -2.33. The Bertz CT molecular complexity index is 543. The average molecular weight is 430 g/mol. The Morgan fingerprint density at radius 1 is 1.36 bits per heavy atom. The third kappa shape index (κ3) is 7.22. The van der Waals surface area contributed by atoms with Crippen LogP contribution < -0.4 is 11.1 Å². The number of aliphatic imine (C=N–C) groups is 1. The minimum absolute atomic E-state index is 0. The summed E-state index contributed by atoms with van der Waals surface area (Å²) in [5.41, 5.74) is 6.94. The number of nitrogens with zero attached hydrogens (tertiary/aromatic N) is 2. The van der Waals surface area contributed by atoms with Crippen molar-refractivity contribution in [1.82, 2.24) is 10.3 Å². The highest BCUT2D eigenvalue weighted by atomic mass is 127. The number of halogens is 1. The number of thiophene rings is 1. The van der Waals surface area contributed by atoms with Gasteiger partial charge in [-0.2, -0.15) is 0 Å². The molecule has 0 aromatic carbocycles. The van der Waals surface area contributed by atoms with Crippen LogP contribution in [0.4, 0.5) is 0 Å². The van der Waals surface area contributed by atoms with Crippen molar-refractivity contribution in [1.29, 1.82) is 0 Å². The lowest BCUT2D eigenvalue weighted by molar-refractivity contribution is 0.597. The number of aromatic nitrogens is 1. The Labute approximate surface area is 153 Å². The minimum atomic E-state index is 0. The van der Waals surface area contributed by atoms with E-state index in [0.29, 0.717) is 11.9 Å². The van der Waals surface area contributed by atoms with Gasteiger partial charge in [0.05, 0.1) is 0 Å². The summed E-state index contributed by atoms with van der Waals surface area (Å²) in [6.45, 7) is 3.70. The van der Waals surface area contributed by atoms with Crippen molar-refractivity contribution >= 4 is 41.3 Å². The van der Waals surface area contributed by atoms with E-state index >= 15 is 0 Å². The van der Waals surface area contributed by atoms with Gasteiger partial charge in [-0.05, 0) is 35.9 Å². The van der Waals surface area contributed by atoms with E-state index in [9.17, 15) is 0 Å². The topological polar surface area (TPSA) is 63.3 Å². The summed E-state index contributed by atoms with van der Waals surface area (Å²) in [5, 5.41) is 5.25. The highest BCUT2D eigenvalue weighted by molar-refractivity contribution is 14.0. The van der Waals surface area contributed by atoms with E-state index in [1.807, 2.05) is 18.2 Å². The minimum Gasteiger partial charge on any atom is -0.370 e. The fourth-order valence-electron chi connectivity index (χ4n) is 2.01. The number of nitrogens with two attached hydrogens (primary N) is 1. The normalized spacial score (nSPS) is 12.5. The predicted molar refractivity (Wildman–Crippen MR) is 105 cm³/mol. The van der Waals surface area contributed by atoms with E-state index in [2.05, 4.69) is 39.7 Å². The molecule has 0 aliphatic heterocycles. The lowest BCUT2D eigenvalue weighted by Gasteiger charge is -2.09. The van der Waals surface area contributed by atoms with Gasteiger partial charge in [0.15, 0.2) is 5.96 Å². The maximum Gasteiger partial charge on any atom is 0.188 e. The maximum atomic E-state index is 5.88. The molecule has 0 aliphatic carbocycles. The van der Waals surface area contributed by atoms with Crippen LogP contribution in [-0.4, -0.2) is 24.0 Å². The quantitative estimate of drug-likeness (QED) is 0.403. The maximum absolute atomic E-state index is 5.88. The molecule has 2 rings (SSSR count). The Kier molecular flexibility index (Phi) is 9.07. The van der Waals surface area contributed by atoms with Crippen LogP contribution in [0.1, 0.15) is 17.5 Å². The molecule has 0 aliphatic rings. The summed E-state index contributed by atoms with van der Waals surface area (Å²) in [4.78, 5) is 10.1. The molecule has 6 heteroatoms. The van der Waals surface area contributed by atoms with Gasteiger partial charge in [0.1, 0.15) is 0 Å². The van der Waals surface area contributed by atoms with Gasteiger partial charge in [0, 0.05) is 36.3 Å². The van der Waals surface area contributed by atoms with E-state index in [4.69, 9.17) is 5.73 Å². The Morgan fingerprint density at radius 3 is 2.91 bits per heavy atom. The van der Waals surface area contributed by atoms with E-state index in [1.54, 1.807) is 17.5 Å². The highest BCUT2D eigenvalue weighted by Gasteiger charge is 2.04. The van der Waals surface area contributed by atoms with E-state index < -0.39 is 0 Å². The van der Waals surface area contributed by atoms with Gasteiger partial charge in [0.25, 0.3) is 0 Å². The zero-order valence-electron chi connectivity index (χ0n) is 12.7. The molecule has 3 N–H and O–H groups in total. The molecule has 1 atom stereocenters. The van der Waals surface area contributed by atoms with Crippen molar-refractivity contribution in [2.45, 2.75) is 19.8 Å². The number of guanidine groups is 1. The second-order valence-corrected chi connectivity index (χ2v) is 6.14. The molecule has 2 aromatic heterocycles. The SMILES string of the molecule is CC(CN=C(N)NCCc1ccccn1)Cc1cccs1.I. The molecule has 0 spiro atoms. The van der Waals surface area contributed by atoms with Crippen LogP contribution in [0, 0.1) is 5.92 Å². The molecule has 120 valence electrons. The second kappa shape index (κ2) is 10.6. The first kappa shape index (κ1) is 18.9. The molecule has 0 bridgehead atoms. The average Bonchev–Trinajstić information content (AvgIpc) is 2.99. The first-order chi connectivity index (χ1) is 10.2. The van der Waals surface area contributed by atoms with Gasteiger partial charge in [-0.1, -0.05) is 19.1 Å². The fourth-order valence-corrected chi connectivity index (χ4v) is 2.88. The van der Waals surface area contributed by atoms with Crippen LogP contribution >= 0.6 is 35.3 Å². The molecule has 2 heterocycles. The summed E-state index contributed by atoms with van der Waals surface area (Å²) in [6.07, 6.45) is 3.71. The van der Waals surface area contributed by atoms with Crippen molar-refractivity contribution in [2.24, 2.45) is 16.6 Å². The predicted octanol–water partition coefficient (Wildman–Crippen LogP) is 3.09. The molecular formula is C16H23IN4S. The highest BCUT2D eigenvalue weighted by Crippen LogP contribution is 2.14. The smallest absolute Gasteiger partial charge is 0.188 e. The third-order valence-corrected chi connectivity index (χ3v) is 4.02. The number of nitrogens with one attached hydrogen (secondary N) is 1. The van der Waals surface area contributed by atoms with Crippen molar-refractivity contribution in [3.63, 3.8) is 0 Å². The summed E-state index contributed by atoms with van der Waals surface area (Å²) in [7, 11) is 0. The monoisotopic (exact) mass is 430 g/mol. The first-order valence-corrected chi connectivity index (χ1v) is 8.08. The van der Waals surface area contributed by atoms with Crippen LogP contribution in [0.15, 0.2) is 46.9 Å². The largest absolute Gasteiger partial charge is 0.370 e. The number of hydrogen-bond donors (Lipinski definition) is 2. The van der Waals surface area contributed by atoms with Gasteiger partial charge in [-0.3, -0.25) is 9.98 Å². The van der Waals surface area contributed by atoms with Crippen molar-refractivity contribution in [3.8, 4) is 0 Å². The van der Waals surface area contributed by atoms with Crippen molar-refractivity contribution in [3.05, 3.63) is 52.5 Å². The van der Waals surface area contributed by atoms with Gasteiger partial charge >= 0.3 is 0 Å². The molecule has 4 nitrogen and oxygen atoms in total. The molecule has 2 aromatic rings. The van der Waals surface area contributed by atoms with E-state index in [-0.39, 0.29) is 24.0 Å². The van der Waals surface area contributed by atoms with Crippen LogP contribution in [0.25, 0.3) is 0 Å². The van der Waals surface area contributed by atoms with Crippen molar-refractivity contribution in [2.75, 3.05) is 13.1 Å². The van der Waals surface area contributed by atoms with Crippen LogP contribution in [0.3, 0.4) is 0 Å². The van der Waals surface area contributed by atoms with E-state index in [1.165, 1.54) is 4.88 Å². The van der Waals surface area contributed by atoms with Crippen LogP contribution in [-0.2, 0) is 12.8 Å². The van der Waals surface area contributed by atoms with Gasteiger partial charge in [-0.15, -0.1) is 35.3 Å². The van der Waals surface area contributed by atoms with Crippen LogP contribution in [0.5, 0.6) is 0 Å². The summed E-state index contributed by atoms with van der Waals surface area (Å²) < 4.78 is 0. The summed E-state index contributed by atoms with van der Waals surface area (Å²) in [5.74, 6) is 1.02. The summed E-state index contributed by atoms with van der Waals surface area (Å²) >= 11 is 1.79. The number of rotatable bonds is 7. The Morgan fingerprint density at radius 2 is 2.23 bits per heavy atom. The van der Waals surface area contributed by atoms with Crippen molar-refractivity contribution < 1.29 is 0 Å². The van der Waals surface area contributed by atoms with E-state index in [0.717, 1.165) is 31.6 Å². The van der Waals surface area contributed by atoms with Gasteiger partial charge in [-0.25, -0.2) is 0 Å². The number of pyridine rings is 1. The Balaban J connectivity index is 0.00000242. The molecule has 1 unspecified atom stereocenters. The molecule has 0 radical (unpaired) electrons. The van der Waals surface area contributed by atoms with Crippen LogP contribution in [0.2, 0.25) is 0 Å². The molecule has 0 fully saturated rings. The molecule has 0 amide bonds. The zero-order chi connectivity index (χ0) is 14.9. The van der Waals surface area contributed by atoms with Gasteiger partial charge in [0.2, 0.25) is 0 Å². The second-order valence-electron chi connectivity index (χ2n) is 5.11. The summed E-state index contributed by atoms with van der Waals surface area (Å²) in [6, 6.07) is 10.2. The molecule has 0 saturated heterocycles. The first-order valence-electron chi connectivity index (χ1n) is 7.20. The zero-order valence-corrected chi connectivity index (χ0v) is 15.9.